The van der Waals surface area contributed by atoms with Crippen molar-refractivity contribution >= 4 is 5.91 Å². The van der Waals surface area contributed by atoms with Crippen LogP contribution in [0.3, 0.4) is 0 Å². The third-order valence-corrected chi connectivity index (χ3v) is 9.42. The van der Waals surface area contributed by atoms with Crippen LogP contribution in [-0.4, -0.2) is 46.1 Å². The Morgan fingerprint density at radius 3 is 1.41 bits per heavy atom. The second-order valence-electron chi connectivity index (χ2n) is 14.2. The number of allylic oxidation sites excluding steroid dienone is 7. The van der Waals surface area contributed by atoms with E-state index in [4.69, 9.17) is 0 Å². The second kappa shape index (κ2) is 39.1. The number of nitrogens with one attached hydrogen (secondary N) is 1. The Bertz CT molecular complexity index is 805. The summed E-state index contributed by atoms with van der Waals surface area (Å²) in [7, 11) is 0. The number of aliphatic hydroxyl groups excluding tert-OH is 3. The van der Waals surface area contributed by atoms with Crippen molar-refractivity contribution in [2.24, 2.45) is 0 Å². The Morgan fingerprint density at radius 2 is 0.898 bits per heavy atom. The van der Waals surface area contributed by atoms with E-state index < -0.39 is 24.2 Å². The van der Waals surface area contributed by atoms with Gasteiger partial charge in [-0.25, -0.2) is 0 Å². The highest BCUT2D eigenvalue weighted by Crippen LogP contribution is 2.14. The van der Waals surface area contributed by atoms with Crippen molar-refractivity contribution in [1.82, 2.24) is 5.32 Å². The molecule has 0 aliphatic rings. The van der Waals surface area contributed by atoms with E-state index in [0.717, 1.165) is 64.2 Å². The zero-order valence-corrected chi connectivity index (χ0v) is 32.3. The van der Waals surface area contributed by atoms with Gasteiger partial charge in [-0.1, -0.05) is 191 Å². The molecule has 0 saturated carbocycles. The normalized spacial score (nSPS) is 14.1. The predicted octanol–water partition coefficient (Wildman–Crippen LogP) is 11.8. The summed E-state index contributed by atoms with van der Waals surface area (Å²) < 4.78 is 0. The van der Waals surface area contributed by atoms with Crippen LogP contribution >= 0.6 is 0 Å². The number of carbonyl (C=O) groups excluding carboxylic acids is 1. The average Bonchev–Trinajstić information content (AvgIpc) is 3.11. The van der Waals surface area contributed by atoms with Crippen molar-refractivity contribution < 1.29 is 20.1 Å². The van der Waals surface area contributed by atoms with Crippen LogP contribution in [0.2, 0.25) is 0 Å². The molecule has 3 unspecified atom stereocenters. The Morgan fingerprint density at radius 1 is 0.510 bits per heavy atom. The Hall–Kier alpha value is -1.69. The van der Waals surface area contributed by atoms with Gasteiger partial charge in [0, 0.05) is 0 Å². The van der Waals surface area contributed by atoms with E-state index in [1.54, 1.807) is 6.08 Å². The molecular weight excluding hydrogens is 606 g/mol. The van der Waals surface area contributed by atoms with E-state index in [0.29, 0.717) is 6.42 Å². The molecule has 0 bridgehead atoms. The van der Waals surface area contributed by atoms with Gasteiger partial charge in [0.05, 0.1) is 18.8 Å². The van der Waals surface area contributed by atoms with Gasteiger partial charge in [0.15, 0.2) is 0 Å². The maximum Gasteiger partial charge on any atom is 0.249 e. The molecule has 0 aromatic rings. The average molecular weight is 688 g/mol. The van der Waals surface area contributed by atoms with E-state index in [9.17, 15) is 20.1 Å². The predicted molar refractivity (Wildman–Crippen MR) is 213 cm³/mol. The van der Waals surface area contributed by atoms with Gasteiger partial charge >= 0.3 is 0 Å². The van der Waals surface area contributed by atoms with E-state index in [2.05, 4.69) is 55.6 Å². The van der Waals surface area contributed by atoms with Gasteiger partial charge in [-0.2, -0.15) is 0 Å². The van der Waals surface area contributed by atoms with Crippen LogP contribution in [-0.2, 0) is 4.79 Å². The number of hydrogen-bond acceptors (Lipinski definition) is 4. The van der Waals surface area contributed by atoms with Gasteiger partial charge in [0.25, 0.3) is 0 Å². The van der Waals surface area contributed by atoms with Gasteiger partial charge in [-0.3, -0.25) is 4.79 Å². The van der Waals surface area contributed by atoms with Crippen LogP contribution in [0.25, 0.3) is 0 Å². The van der Waals surface area contributed by atoms with Gasteiger partial charge in [-0.05, 0) is 57.8 Å². The van der Waals surface area contributed by atoms with Crippen molar-refractivity contribution in [3.05, 3.63) is 48.6 Å². The molecule has 0 heterocycles. The lowest BCUT2D eigenvalue weighted by Crippen LogP contribution is -2.48. The largest absolute Gasteiger partial charge is 0.394 e. The van der Waals surface area contributed by atoms with Crippen LogP contribution in [0, 0.1) is 0 Å². The lowest BCUT2D eigenvalue weighted by atomic mass is 10.0. The molecule has 0 aromatic carbocycles. The van der Waals surface area contributed by atoms with Gasteiger partial charge in [-0.15, -0.1) is 0 Å². The van der Waals surface area contributed by atoms with E-state index >= 15 is 0 Å². The summed E-state index contributed by atoms with van der Waals surface area (Å²) in [5, 5.41) is 33.0. The highest BCUT2D eigenvalue weighted by Gasteiger charge is 2.22. The number of carbonyl (C=O) groups is 1. The van der Waals surface area contributed by atoms with Crippen LogP contribution in [0.5, 0.6) is 0 Å². The Kier molecular flexibility index (Phi) is 37.8. The molecule has 0 aliphatic heterocycles. The lowest BCUT2D eigenvalue weighted by Gasteiger charge is -2.21. The zero-order valence-electron chi connectivity index (χ0n) is 32.3. The molecule has 0 spiro atoms. The highest BCUT2D eigenvalue weighted by molar-refractivity contribution is 5.80. The molecule has 0 saturated heterocycles. The zero-order chi connectivity index (χ0) is 35.9. The molecule has 5 heteroatoms. The first-order chi connectivity index (χ1) is 24.1. The van der Waals surface area contributed by atoms with E-state index in [1.165, 1.54) is 116 Å². The highest BCUT2D eigenvalue weighted by atomic mass is 16.3. The third kappa shape index (κ3) is 34.5. The minimum absolute atomic E-state index is 0.383. The molecule has 0 fully saturated rings. The van der Waals surface area contributed by atoms with Gasteiger partial charge in [0.1, 0.15) is 6.10 Å². The molecule has 0 aliphatic carbocycles. The Balaban J connectivity index is 3.76. The minimum Gasteiger partial charge on any atom is -0.394 e. The topological polar surface area (TPSA) is 89.8 Å². The van der Waals surface area contributed by atoms with Crippen molar-refractivity contribution in [2.75, 3.05) is 6.61 Å². The SMILES string of the molecule is CCCCC/C=C\C=C/CCCCCCCC(O)C(=O)NC(CO)C(O)/C=C/CC/C=C/CCCCCCCCCCCCCCCCC. The van der Waals surface area contributed by atoms with Crippen LogP contribution in [0.15, 0.2) is 48.6 Å². The number of unbranched alkanes of at least 4 members (excludes halogenated alkanes) is 24. The first-order valence-electron chi connectivity index (χ1n) is 21.0. The van der Waals surface area contributed by atoms with Crippen molar-refractivity contribution in [1.29, 1.82) is 0 Å². The monoisotopic (exact) mass is 688 g/mol. The second-order valence-corrected chi connectivity index (χ2v) is 14.2. The quantitative estimate of drug-likeness (QED) is 0.0297. The van der Waals surface area contributed by atoms with Gasteiger partial charge in [0.2, 0.25) is 5.91 Å². The van der Waals surface area contributed by atoms with E-state index in [-0.39, 0.29) is 6.61 Å². The first-order valence-corrected chi connectivity index (χ1v) is 21.0. The maximum atomic E-state index is 12.4. The third-order valence-electron chi connectivity index (χ3n) is 9.42. The summed E-state index contributed by atoms with van der Waals surface area (Å²) >= 11 is 0. The molecule has 5 nitrogen and oxygen atoms in total. The lowest BCUT2D eigenvalue weighted by molar-refractivity contribution is -0.131. The molecular formula is C44H81NO4. The molecule has 0 aromatic heterocycles. The fraction of sp³-hybridized carbons (Fsp3) is 0.795. The molecule has 3 atom stereocenters. The number of rotatable bonds is 37. The van der Waals surface area contributed by atoms with Crippen LogP contribution in [0.1, 0.15) is 200 Å². The first kappa shape index (κ1) is 47.3. The Labute approximate surface area is 304 Å². The minimum atomic E-state index is -1.12. The standard InChI is InChI=1S/C44H81NO4/c1-3-5-7-9-11-13-15-17-19-20-21-22-23-24-25-27-28-30-32-34-36-38-42(47)41(40-46)45-44(49)43(48)39-37-35-33-31-29-26-18-16-14-12-10-8-6-4-2/h12,14,16,18,28,30,36,38,41-43,46-48H,3-11,13,15,17,19-27,29,31-35,37,39-40H2,1-2H3,(H,45,49)/b14-12-,18-16-,30-28+,38-36+. The fourth-order valence-corrected chi connectivity index (χ4v) is 6.07. The number of amides is 1. The van der Waals surface area contributed by atoms with Gasteiger partial charge < -0.3 is 20.6 Å². The van der Waals surface area contributed by atoms with Crippen LogP contribution < -0.4 is 5.32 Å². The summed E-state index contributed by atoms with van der Waals surface area (Å²) in [6, 6.07) is -0.821. The summed E-state index contributed by atoms with van der Waals surface area (Å²) in [5.41, 5.74) is 0. The molecule has 0 radical (unpaired) electrons. The number of hydrogen-bond donors (Lipinski definition) is 4. The summed E-state index contributed by atoms with van der Waals surface area (Å²) in [6.45, 7) is 4.12. The smallest absolute Gasteiger partial charge is 0.249 e. The molecule has 49 heavy (non-hydrogen) atoms. The summed E-state index contributed by atoms with van der Waals surface area (Å²) in [4.78, 5) is 12.4. The van der Waals surface area contributed by atoms with Crippen molar-refractivity contribution in [2.45, 2.75) is 218 Å². The molecule has 286 valence electrons. The van der Waals surface area contributed by atoms with Crippen molar-refractivity contribution in [3.8, 4) is 0 Å². The summed E-state index contributed by atoms with van der Waals surface area (Å²) in [6.07, 6.45) is 50.0. The van der Waals surface area contributed by atoms with Crippen LogP contribution in [0.4, 0.5) is 0 Å². The molecule has 0 rings (SSSR count). The van der Waals surface area contributed by atoms with Crippen molar-refractivity contribution in [3.63, 3.8) is 0 Å². The summed E-state index contributed by atoms with van der Waals surface area (Å²) in [5.74, 6) is -0.527. The van der Waals surface area contributed by atoms with E-state index in [1.807, 2.05) is 6.08 Å². The molecule has 4 N–H and O–H groups in total. The fourth-order valence-electron chi connectivity index (χ4n) is 6.07. The number of aliphatic hydroxyl groups is 3. The molecule has 1 amide bonds. The maximum absolute atomic E-state index is 12.4.